The predicted molar refractivity (Wildman–Crippen MR) is 83.7 cm³/mol. The van der Waals surface area contributed by atoms with Crippen molar-refractivity contribution in [1.82, 2.24) is 14.8 Å². The molecule has 0 spiro atoms. The van der Waals surface area contributed by atoms with Crippen molar-refractivity contribution in [1.29, 1.82) is 0 Å². The van der Waals surface area contributed by atoms with Crippen LogP contribution in [0.1, 0.15) is 25.2 Å². The van der Waals surface area contributed by atoms with Gasteiger partial charge in [-0.1, -0.05) is 49.4 Å². The van der Waals surface area contributed by atoms with E-state index in [1.807, 2.05) is 0 Å². The third kappa shape index (κ3) is 1.94. The average molecular weight is 278 g/mol. The summed E-state index contributed by atoms with van der Waals surface area (Å²) in [6.07, 6.45) is 0.980. The van der Waals surface area contributed by atoms with Crippen LogP contribution in [-0.4, -0.2) is 14.8 Å². The zero-order valence-corrected chi connectivity index (χ0v) is 12.0. The first kappa shape index (κ1) is 12.5. The number of nitrogens with zero attached hydrogens (tertiary/aromatic N) is 3. The maximum Gasteiger partial charge on any atom is 0.164 e. The monoisotopic (exact) mass is 278 g/mol. The van der Waals surface area contributed by atoms with Gasteiger partial charge in [-0.3, -0.25) is 0 Å². The molecule has 2 N–H and O–H groups in total. The number of hydrogen-bond donors (Lipinski definition) is 1. The van der Waals surface area contributed by atoms with Crippen LogP contribution < -0.4 is 5.73 Å². The lowest BCUT2D eigenvalue weighted by Crippen LogP contribution is -2.27. The molecule has 106 valence electrons. The van der Waals surface area contributed by atoms with Crippen LogP contribution in [0, 0.1) is 5.92 Å². The van der Waals surface area contributed by atoms with Gasteiger partial charge in [-0.25, -0.2) is 0 Å². The average Bonchev–Trinajstić information content (AvgIpc) is 2.90. The Morgan fingerprint density at radius 2 is 1.90 bits per heavy atom. The van der Waals surface area contributed by atoms with E-state index in [0.717, 1.165) is 30.2 Å². The molecule has 1 aromatic heterocycles. The third-order valence-electron chi connectivity index (χ3n) is 4.29. The molecule has 4 heteroatoms. The normalized spacial score (nSPS) is 21.4. The lowest BCUT2D eigenvalue weighted by molar-refractivity contribution is 0.348. The summed E-state index contributed by atoms with van der Waals surface area (Å²) >= 11 is 0. The first-order valence-corrected chi connectivity index (χ1v) is 7.41. The van der Waals surface area contributed by atoms with Crippen molar-refractivity contribution in [3.05, 3.63) is 48.3 Å². The zero-order chi connectivity index (χ0) is 14.4. The molecule has 0 saturated carbocycles. The van der Waals surface area contributed by atoms with Crippen LogP contribution >= 0.6 is 0 Å². The fourth-order valence-corrected chi connectivity index (χ4v) is 3.31. The molecule has 4 rings (SSSR count). The summed E-state index contributed by atoms with van der Waals surface area (Å²) in [5.41, 5.74) is 7.35. The second-order valence-electron chi connectivity index (χ2n) is 5.97. The topological polar surface area (TPSA) is 56.7 Å². The molecule has 1 aliphatic heterocycles. The van der Waals surface area contributed by atoms with E-state index >= 15 is 0 Å². The predicted octanol–water partition coefficient (Wildman–Crippen LogP) is 3.14. The van der Waals surface area contributed by atoms with Crippen LogP contribution in [0.5, 0.6) is 0 Å². The van der Waals surface area contributed by atoms with E-state index in [4.69, 9.17) is 5.73 Å². The van der Waals surface area contributed by atoms with Gasteiger partial charge < -0.3 is 10.3 Å². The number of rotatable bonds is 1. The van der Waals surface area contributed by atoms with Crippen LogP contribution in [0.2, 0.25) is 0 Å². The van der Waals surface area contributed by atoms with E-state index in [9.17, 15) is 0 Å². The zero-order valence-electron chi connectivity index (χ0n) is 12.0. The Labute approximate surface area is 123 Å². The molecule has 2 unspecified atom stereocenters. The molecule has 0 amide bonds. The number of nitrogens with two attached hydrogens (primary N) is 1. The van der Waals surface area contributed by atoms with Crippen molar-refractivity contribution in [2.45, 2.75) is 25.9 Å². The number of hydrogen-bond acceptors (Lipinski definition) is 3. The number of fused-ring (bicyclic) bond motifs is 2. The molecule has 0 aliphatic carbocycles. The maximum atomic E-state index is 6.22. The number of aromatic nitrogens is 3. The standard InChI is InChI=1S/C17H18N4/c1-11-9-15(18)17-20-19-16(21(17)10-11)14-8-4-6-12-5-2-3-7-13(12)14/h2-8,11,15H,9-10,18H2,1H3. The van der Waals surface area contributed by atoms with E-state index in [0.29, 0.717) is 5.92 Å². The van der Waals surface area contributed by atoms with Gasteiger partial charge in [0.2, 0.25) is 0 Å². The lowest BCUT2D eigenvalue weighted by atomic mass is 9.97. The van der Waals surface area contributed by atoms with E-state index in [1.165, 1.54) is 10.8 Å². The molecule has 0 fully saturated rings. The molecular weight excluding hydrogens is 260 g/mol. The van der Waals surface area contributed by atoms with Gasteiger partial charge in [0.15, 0.2) is 5.82 Å². The quantitative estimate of drug-likeness (QED) is 0.744. The molecule has 21 heavy (non-hydrogen) atoms. The molecule has 0 bridgehead atoms. The Kier molecular flexibility index (Phi) is 2.79. The highest BCUT2D eigenvalue weighted by molar-refractivity contribution is 5.95. The lowest BCUT2D eigenvalue weighted by Gasteiger charge is -2.25. The Balaban J connectivity index is 1.95. The summed E-state index contributed by atoms with van der Waals surface area (Å²) in [4.78, 5) is 0. The highest BCUT2D eigenvalue weighted by Crippen LogP contribution is 2.33. The first-order valence-electron chi connectivity index (χ1n) is 7.41. The van der Waals surface area contributed by atoms with Crippen LogP contribution in [0.4, 0.5) is 0 Å². The van der Waals surface area contributed by atoms with Crippen LogP contribution in [-0.2, 0) is 6.54 Å². The molecule has 3 aromatic rings. The van der Waals surface area contributed by atoms with Crippen LogP contribution in [0.25, 0.3) is 22.2 Å². The van der Waals surface area contributed by atoms with E-state index in [2.05, 4.69) is 64.2 Å². The molecule has 2 heterocycles. The van der Waals surface area contributed by atoms with Crippen molar-refractivity contribution in [2.75, 3.05) is 0 Å². The van der Waals surface area contributed by atoms with Gasteiger partial charge in [0.1, 0.15) is 5.82 Å². The number of benzene rings is 2. The van der Waals surface area contributed by atoms with Crippen molar-refractivity contribution < 1.29 is 0 Å². The van der Waals surface area contributed by atoms with Crippen LogP contribution in [0.3, 0.4) is 0 Å². The molecule has 4 nitrogen and oxygen atoms in total. The highest BCUT2D eigenvalue weighted by Gasteiger charge is 2.27. The minimum absolute atomic E-state index is 0.00928. The SMILES string of the molecule is CC1CC(N)c2nnc(-c3cccc4ccccc34)n2C1. The second kappa shape index (κ2) is 4.67. The van der Waals surface area contributed by atoms with E-state index in [1.54, 1.807) is 0 Å². The van der Waals surface area contributed by atoms with Gasteiger partial charge in [0.05, 0.1) is 6.04 Å². The summed E-state index contributed by atoms with van der Waals surface area (Å²) in [5.74, 6) is 2.40. The smallest absolute Gasteiger partial charge is 0.164 e. The Morgan fingerprint density at radius 3 is 2.81 bits per heavy atom. The largest absolute Gasteiger partial charge is 0.321 e. The summed E-state index contributed by atoms with van der Waals surface area (Å²) < 4.78 is 2.20. The molecule has 0 radical (unpaired) electrons. The highest BCUT2D eigenvalue weighted by atomic mass is 15.3. The third-order valence-corrected chi connectivity index (χ3v) is 4.29. The molecular formula is C17H18N4. The van der Waals surface area contributed by atoms with Crippen molar-refractivity contribution in [3.63, 3.8) is 0 Å². The van der Waals surface area contributed by atoms with Crippen molar-refractivity contribution in [3.8, 4) is 11.4 Å². The van der Waals surface area contributed by atoms with Gasteiger partial charge in [0, 0.05) is 12.1 Å². The summed E-state index contributed by atoms with van der Waals surface area (Å²) in [6.45, 7) is 3.17. The Bertz CT molecular complexity index is 800. The Morgan fingerprint density at radius 1 is 1.10 bits per heavy atom. The van der Waals surface area contributed by atoms with Gasteiger partial charge in [-0.05, 0) is 23.1 Å². The molecule has 2 atom stereocenters. The van der Waals surface area contributed by atoms with Crippen molar-refractivity contribution >= 4 is 10.8 Å². The van der Waals surface area contributed by atoms with E-state index in [-0.39, 0.29) is 6.04 Å². The Hall–Kier alpha value is -2.20. The molecule has 2 aromatic carbocycles. The van der Waals surface area contributed by atoms with E-state index < -0.39 is 0 Å². The first-order chi connectivity index (χ1) is 10.2. The summed E-state index contributed by atoms with van der Waals surface area (Å²) in [7, 11) is 0. The van der Waals surface area contributed by atoms with Crippen LogP contribution in [0.15, 0.2) is 42.5 Å². The maximum absolute atomic E-state index is 6.22. The van der Waals surface area contributed by atoms with Gasteiger partial charge in [-0.2, -0.15) is 0 Å². The molecule has 1 aliphatic rings. The summed E-state index contributed by atoms with van der Waals surface area (Å²) in [5, 5.41) is 11.2. The minimum Gasteiger partial charge on any atom is -0.321 e. The molecule has 0 saturated heterocycles. The van der Waals surface area contributed by atoms with Crippen molar-refractivity contribution in [2.24, 2.45) is 11.7 Å². The van der Waals surface area contributed by atoms with Gasteiger partial charge >= 0.3 is 0 Å². The second-order valence-corrected chi connectivity index (χ2v) is 5.97. The fraction of sp³-hybridized carbons (Fsp3) is 0.294. The van der Waals surface area contributed by atoms with Gasteiger partial charge in [0.25, 0.3) is 0 Å². The summed E-state index contributed by atoms with van der Waals surface area (Å²) in [6, 6.07) is 14.7. The minimum atomic E-state index is -0.00928. The van der Waals surface area contributed by atoms with Gasteiger partial charge in [-0.15, -0.1) is 10.2 Å². The fourth-order valence-electron chi connectivity index (χ4n) is 3.31.